The number of amides is 1. The average molecular weight is 441 g/mol. The van der Waals surface area contributed by atoms with Gasteiger partial charge in [-0.25, -0.2) is 9.37 Å². The van der Waals surface area contributed by atoms with E-state index < -0.39 is 5.41 Å². The number of alkyl halides is 1. The molecule has 7 heteroatoms. The highest BCUT2D eigenvalue weighted by Crippen LogP contribution is 2.32. The van der Waals surface area contributed by atoms with Crippen molar-refractivity contribution in [3.8, 4) is 0 Å². The van der Waals surface area contributed by atoms with E-state index in [4.69, 9.17) is 0 Å². The summed E-state index contributed by atoms with van der Waals surface area (Å²) in [5, 5.41) is 5.22. The van der Waals surface area contributed by atoms with Crippen LogP contribution in [-0.4, -0.2) is 27.4 Å². The summed E-state index contributed by atoms with van der Waals surface area (Å²) >= 11 is 0. The number of halogens is 1. The molecule has 1 saturated carbocycles. The number of nitrogens with one attached hydrogen (secondary N) is 2. The van der Waals surface area contributed by atoms with E-state index in [9.17, 15) is 9.18 Å². The van der Waals surface area contributed by atoms with Gasteiger partial charge < -0.3 is 10.6 Å². The zero-order valence-electron chi connectivity index (χ0n) is 18.3. The molecule has 31 heavy (non-hydrogen) atoms. The van der Waals surface area contributed by atoms with Gasteiger partial charge in [0.2, 0.25) is 0 Å². The van der Waals surface area contributed by atoms with Crippen LogP contribution in [0.3, 0.4) is 0 Å². The molecule has 4 rings (SSSR count). The van der Waals surface area contributed by atoms with E-state index in [-0.39, 0.29) is 11.9 Å². The summed E-state index contributed by atoms with van der Waals surface area (Å²) < 4.78 is 16.2. The van der Waals surface area contributed by atoms with Crippen LogP contribution in [0.4, 0.5) is 10.2 Å². The molecule has 5 nitrogen and oxygen atoms in total. The number of aromatic nitrogens is 2. The van der Waals surface area contributed by atoms with E-state index in [1.807, 2.05) is 54.6 Å². The number of carbonyl (C=O) groups excluding carboxylic acids is 1. The lowest BCUT2D eigenvalue weighted by Crippen LogP contribution is -2.40. The van der Waals surface area contributed by atoms with Gasteiger partial charge in [-0.3, -0.25) is 9.20 Å². The fourth-order valence-corrected chi connectivity index (χ4v) is 4.25. The van der Waals surface area contributed by atoms with Crippen molar-refractivity contribution >= 4 is 26.6 Å². The molecule has 0 aliphatic heterocycles. The number of benzene rings is 1. The summed E-state index contributed by atoms with van der Waals surface area (Å²) in [6.45, 7) is 5.56. The smallest absolute Gasteiger partial charge is 0.251 e. The highest BCUT2D eigenvalue weighted by Gasteiger charge is 2.25. The maximum Gasteiger partial charge on any atom is 0.251 e. The summed E-state index contributed by atoms with van der Waals surface area (Å²) in [6, 6.07) is 12.1. The highest BCUT2D eigenvalue weighted by molar-refractivity contribution is 7.18. The van der Waals surface area contributed by atoms with Crippen molar-refractivity contribution in [1.82, 2.24) is 14.7 Å². The first-order chi connectivity index (χ1) is 14.7. The van der Waals surface area contributed by atoms with Crippen molar-refractivity contribution in [2.24, 2.45) is 0 Å². The third kappa shape index (κ3) is 4.90. The minimum Gasteiger partial charge on any atom is -0.368 e. The van der Waals surface area contributed by atoms with E-state index in [2.05, 4.69) is 24.9 Å². The first-order valence-electron chi connectivity index (χ1n) is 10.8. The lowest BCUT2D eigenvalue weighted by atomic mass is 9.91. The second-order valence-corrected chi connectivity index (χ2v) is 9.89. The summed E-state index contributed by atoms with van der Waals surface area (Å²) in [6.07, 6.45) is 5.52. The number of hydrogen-bond donors (Lipinski definition) is 2. The Bertz CT molecular complexity index is 1100. The predicted molar refractivity (Wildman–Crippen MR) is 126 cm³/mol. The third-order valence-corrected chi connectivity index (χ3v) is 6.47. The lowest BCUT2D eigenvalue weighted by molar-refractivity contribution is 0.0926. The Balaban J connectivity index is 1.37. The fourth-order valence-electron chi connectivity index (χ4n) is 4.11. The van der Waals surface area contributed by atoms with E-state index >= 15 is 0 Å². The van der Waals surface area contributed by atoms with Gasteiger partial charge in [-0.05, 0) is 81.8 Å². The van der Waals surface area contributed by atoms with E-state index in [0.29, 0.717) is 11.7 Å². The van der Waals surface area contributed by atoms with Crippen LogP contribution < -0.4 is 10.6 Å². The van der Waals surface area contributed by atoms with Crippen molar-refractivity contribution in [2.45, 2.75) is 63.9 Å². The number of rotatable bonds is 5. The topological polar surface area (TPSA) is 58.4 Å². The molecule has 0 spiro atoms. The summed E-state index contributed by atoms with van der Waals surface area (Å²) in [4.78, 5) is 17.0. The number of pyridine rings is 1. The molecule has 164 valence electrons. The molecule has 1 aromatic carbocycles. The molecule has 1 fully saturated rings. The number of carbonyl (C=O) groups is 1. The van der Waals surface area contributed by atoms with Crippen molar-refractivity contribution in [2.75, 3.05) is 5.32 Å². The SMILES string of the molecule is Cc1ccc(C(=O)NC2CCC(Nc3cccc4nc(C(C)(F)P)cn34)CC2)cc1C. The van der Waals surface area contributed by atoms with Crippen LogP contribution in [0.1, 0.15) is 59.8 Å². The van der Waals surface area contributed by atoms with Crippen LogP contribution in [0.5, 0.6) is 0 Å². The molecule has 2 N–H and O–H groups in total. The van der Waals surface area contributed by atoms with Crippen LogP contribution in [0.2, 0.25) is 0 Å². The molecule has 2 unspecified atom stereocenters. The highest BCUT2D eigenvalue weighted by atomic mass is 31.0. The fraction of sp³-hybridized carbons (Fsp3) is 0.417. The third-order valence-electron chi connectivity index (χ3n) is 6.18. The molecule has 1 aliphatic rings. The zero-order chi connectivity index (χ0) is 22.2. The van der Waals surface area contributed by atoms with Crippen molar-refractivity contribution in [3.63, 3.8) is 0 Å². The Morgan fingerprint density at radius 1 is 1.13 bits per heavy atom. The average Bonchev–Trinajstić information content (AvgIpc) is 3.17. The van der Waals surface area contributed by atoms with Crippen molar-refractivity contribution in [1.29, 1.82) is 0 Å². The first kappa shape index (κ1) is 21.8. The Labute approximate surface area is 185 Å². The van der Waals surface area contributed by atoms with Crippen LogP contribution in [-0.2, 0) is 5.41 Å². The molecule has 2 atom stereocenters. The number of hydrogen-bond acceptors (Lipinski definition) is 3. The van der Waals surface area contributed by atoms with Crippen LogP contribution >= 0.6 is 9.24 Å². The summed E-state index contributed by atoms with van der Waals surface area (Å²) in [7, 11) is 2.20. The van der Waals surface area contributed by atoms with Gasteiger partial charge in [0.25, 0.3) is 5.91 Å². The molecular formula is C24H30FN4OP. The molecule has 1 aliphatic carbocycles. The first-order valence-corrected chi connectivity index (χ1v) is 11.4. The van der Waals surface area contributed by atoms with Gasteiger partial charge in [0.15, 0.2) is 5.41 Å². The van der Waals surface area contributed by atoms with E-state index in [1.165, 1.54) is 12.5 Å². The number of nitrogens with zero attached hydrogens (tertiary/aromatic N) is 2. The molecular weight excluding hydrogens is 410 g/mol. The molecule has 2 heterocycles. The monoisotopic (exact) mass is 440 g/mol. The van der Waals surface area contributed by atoms with Gasteiger partial charge in [0.05, 0.1) is 0 Å². The van der Waals surface area contributed by atoms with Gasteiger partial charge in [-0.2, -0.15) is 0 Å². The van der Waals surface area contributed by atoms with Gasteiger partial charge in [0, 0.05) is 23.8 Å². The molecule has 2 aromatic heterocycles. The van der Waals surface area contributed by atoms with Gasteiger partial charge >= 0.3 is 0 Å². The van der Waals surface area contributed by atoms with Crippen molar-refractivity contribution in [3.05, 3.63) is 65.0 Å². The molecule has 3 aromatic rings. The quantitative estimate of drug-likeness (QED) is 0.542. The normalized spacial score (nSPS) is 20.9. The molecule has 0 bridgehead atoms. The standard InChI is InChI=1S/C24H30FN4OP/c1-15-7-8-17(13-16(15)2)23(30)27-19-11-9-18(10-12-19)26-21-5-4-6-22-28-20(14-29(21)22)24(3,25)31/h4-8,13-14,18-19,26H,9-12,31H2,1-3H3,(H,27,30). The van der Waals surface area contributed by atoms with E-state index in [0.717, 1.165) is 48.3 Å². The molecule has 0 radical (unpaired) electrons. The Morgan fingerprint density at radius 2 is 1.84 bits per heavy atom. The number of anilines is 1. The zero-order valence-corrected chi connectivity index (χ0v) is 19.4. The minimum absolute atomic E-state index is 0.00179. The van der Waals surface area contributed by atoms with Crippen LogP contribution in [0.15, 0.2) is 42.6 Å². The number of imidazole rings is 1. The Hall–Kier alpha value is -2.46. The van der Waals surface area contributed by atoms with E-state index in [1.54, 1.807) is 6.20 Å². The van der Waals surface area contributed by atoms with Gasteiger partial charge in [-0.15, -0.1) is 0 Å². The predicted octanol–water partition coefficient (Wildman–Crippen LogP) is 5.12. The van der Waals surface area contributed by atoms with Crippen LogP contribution in [0.25, 0.3) is 5.65 Å². The maximum absolute atomic E-state index is 14.3. The second kappa shape index (κ2) is 8.58. The maximum atomic E-state index is 14.3. The summed E-state index contributed by atoms with van der Waals surface area (Å²) in [5.74, 6) is 0.912. The minimum atomic E-state index is -1.56. The van der Waals surface area contributed by atoms with Crippen molar-refractivity contribution < 1.29 is 9.18 Å². The van der Waals surface area contributed by atoms with Gasteiger partial charge in [-0.1, -0.05) is 21.4 Å². The molecule has 1 amide bonds. The summed E-state index contributed by atoms with van der Waals surface area (Å²) in [5.41, 5.74) is 4.16. The number of aryl methyl sites for hydroxylation is 2. The second-order valence-electron chi connectivity index (χ2n) is 8.81. The number of fused-ring (bicyclic) bond motifs is 1. The van der Waals surface area contributed by atoms with Crippen LogP contribution in [0, 0.1) is 13.8 Å². The Morgan fingerprint density at radius 3 is 2.52 bits per heavy atom. The molecule has 0 saturated heterocycles. The van der Waals surface area contributed by atoms with Gasteiger partial charge in [0.1, 0.15) is 17.2 Å². The largest absolute Gasteiger partial charge is 0.368 e. The Kier molecular flexibility index (Phi) is 6.02. The lowest BCUT2D eigenvalue weighted by Gasteiger charge is -2.30.